The molecule has 1 aliphatic heterocycles. The third-order valence-electron chi connectivity index (χ3n) is 5.06. The van der Waals surface area contributed by atoms with Gasteiger partial charge < -0.3 is 24.2 Å². The molecule has 11 heteroatoms. The molecule has 182 valence electrons. The quantitative estimate of drug-likeness (QED) is 0.517. The number of halogens is 1. The highest BCUT2D eigenvalue weighted by molar-refractivity contribution is 5.92. The zero-order valence-electron chi connectivity index (χ0n) is 18.9. The Morgan fingerprint density at radius 1 is 1.14 bits per heavy atom. The van der Waals surface area contributed by atoms with Crippen molar-refractivity contribution in [2.24, 2.45) is 0 Å². The fourth-order valence-electron chi connectivity index (χ4n) is 3.48. The van der Waals surface area contributed by atoms with Crippen LogP contribution in [0.4, 0.5) is 20.7 Å². The van der Waals surface area contributed by atoms with Crippen molar-refractivity contribution in [2.45, 2.75) is 6.92 Å². The van der Waals surface area contributed by atoms with Crippen LogP contribution in [0.25, 0.3) is 11.4 Å². The SMILES string of the molecule is CCOc1c(C(=O)O)nc(-c2ccc(NC(=O)Oc3ccccc3)cc2F)nc1N1CCOCC1. The first-order valence-electron chi connectivity index (χ1n) is 10.9. The Bertz CT molecular complexity index is 1220. The van der Waals surface area contributed by atoms with Gasteiger partial charge in [0, 0.05) is 18.8 Å². The second-order valence-corrected chi connectivity index (χ2v) is 7.41. The highest BCUT2D eigenvalue weighted by atomic mass is 19.1. The first kappa shape index (κ1) is 23.9. The summed E-state index contributed by atoms with van der Waals surface area (Å²) in [6.45, 7) is 3.71. The van der Waals surface area contributed by atoms with E-state index in [1.54, 1.807) is 37.3 Å². The maximum absolute atomic E-state index is 15.1. The van der Waals surface area contributed by atoms with Crippen LogP contribution in [0, 0.1) is 5.82 Å². The van der Waals surface area contributed by atoms with Crippen molar-refractivity contribution in [1.29, 1.82) is 0 Å². The number of amides is 1. The Labute approximate surface area is 200 Å². The van der Waals surface area contributed by atoms with Crippen LogP contribution in [0.2, 0.25) is 0 Å². The topological polar surface area (TPSA) is 123 Å². The molecule has 0 aliphatic carbocycles. The van der Waals surface area contributed by atoms with Gasteiger partial charge in [-0.2, -0.15) is 0 Å². The lowest BCUT2D eigenvalue weighted by Gasteiger charge is -2.29. The molecule has 2 N–H and O–H groups in total. The van der Waals surface area contributed by atoms with E-state index in [1.165, 1.54) is 12.1 Å². The van der Waals surface area contributed by atoms with Crippen LogP contribution in [0.3, 0.4) is 0 Å². The minimum absolute atomic E-state index is 0.0213. The number of morpholine rings is 1. The van der Waals surface area contributed by atoms with E-state index in [0.29, 0.717) is 32.1 Å². The van der Waals surface area contributed by atoms with Crippen molar-refractivity contribution in [3.8, 4) is 22.9 Å². The minimum Gasteiger partial charge on any atom is -0.488 e. The number of carbonyl (C=O) groups excluding carboxylic acids is 1. The van der Waals surface area contributed by atoms with Crippen LogP contribution in [0.5, 0.6) is 11.5 Å². The third kappa shape index (κ3) is 5.64. The first-order valence-corrected chi connectivity index (χ1v) is 10.9. The number of hydrogen-bond acceptors (Lipinski definition) is 8. The standard InChI is InChI=1S/C24H23FN4O6/c1-2-34-20-19(23(30)31)27-21(28-22(20)29-10-12-33-13-11-29)17-9-8-15(14-18(17)25)26-24(32)35-16-6-4-3-5-7-16/h3-9,14H,2,10-13H2,1H3,(H,26,32)(H,30,31). The van der Waals surface area contributed by atoms with Crippen molar-refractivity contribution in [3.05, 3.63) is 60.0 Å². The molecule has 0 saturated carbocycles. The first-order chi connectivity index (χ1) is 17.0. The number of aromatic nitrogens is 2. The predicted octanol–water partition coefficient (Wildman–Crippen LogP) is 3.83. The van der Waals surface area contributed by atoms with Crippen molar-refractivity contribution in [3.63, 3.8) is 0 Å². The van der Waals surface area contributed by atoms with Crippen LogP contribution in [-0.2, 0) is 4.74 Å². The van der Waals surface area contributed by atoms with Gasteiger partial charge in [0.25, 0.3) is 0 Å². The van der Waals surface area contributed by atoms with Gasteiger partial charge in [-0.05, 0) is 37.3 Å². The number of aromatic carboxylic acids is 1. The van der Waals surface area contributed by atoms with Crippen molar-refractivity contribution in [1.82, 2.24) is 9.97 Å². The number of para-hydroxylation sites is 1. The van der Waals surface area contributed by atoms with Gasteiger partial charge in [-0.3, -0.25) is 5.32 Å². The number of carboxylic acids is 1. The van der Waals surface area contributed by atoms with Gasteiger partial charge in [-0.1, -0.05) is 18.2 Å². The molecule has 1 fully saturated rings. The Hall–Kier alpha value is -4.25. The monoisotopic (exact) mass is 482 g/mol. The van der Waals surface area contributed by atoms with Crippen LogP contribution < -0.4 is 19.7 Å². The van der Waals surface area contributed by atoms with Crippen LogP contribution in [0.15, 0.2) is 48.5 Å². The summed E-state index contributed by atoms with van der Waals surface area (Å²) in [4.78, 5) is 34.4. The van der Waals surface area contributed by atoms with Crippen LogP contribution >= 0.6 is 0 Å². The maximum atomic E-state index is 15.1. The summed E-state index contributed by atoms with van der Waals surface area (Å²) >= 11 is 0. The van der Waals surface area contributed by atoms with Crippen LogP contribution in [-0.4, -0.2) is 60.0 Å². The lowest BCUT2D eigenvalue weighted by Crippen LogP contribution is -2.37. The number of hydrogen-bond donors (Lipinski definition) is 2. The third-order valence-corrected chi connectivity index (χ3v) is 5.06. The summed E-state index contributed by atoms with van der Waals surface area (Å²) in [5.41, 5.74) is -0.261. The number of carboxylic acid groups (broad SMARTS) is 1. The number of carbonyl (C=O) groups is 2. The zero-order chi connectivity index (χ0) is 24.8. The van der Waals surface area contributed by atoms with Gasteiger partial charge in [0.05, 0.1) is 25.4 Å². The average Bonchev–Trinajstić information content (AvgIpc) is 2.85. The normalized spacial score (nSPS) is 13.3. The molecular formula is C24H23FN4O6. The van der Waals surface area contributed by atoms with E-state index in [1.807, 2.05) is 4.90 Å². The molecular weight excluding hydrogens is 459 g/mol. The predicted molar refractivity (Wildman–Crippen MR) is 125 cm³/mol. The Kier molecular flexibility index (Phi) is 7.36. The number of ether oxygens (including phenoxy) is 3. The lowest BCUT2D eigenvalue weighted by molar-refractivity contribution is 0.0685. The molecule has 35 heavy (non-hydrogen) atoms. The van der Waals surface area contributed by atoms with Gasteiger partial charge in [0.15, 0.2) is 23.1 Å². The van der Waals surface area contributed by atoms with Crippen molar-refractivity contribution in [2.75, 3.05) is 43.1 Å². The molecule has 1 aliphatic rings. The molecule has 1 amide bonds. The van der Waals surface area contributed by atoms with E-state index in [-0.39, 0.29) is 40.9 Å². The summed E-state index contributed by atoms with van der Waals surface area (Å²) in [7, 11) is 0. The molecule has 0 bridgehead atoms. The number of benzene rings is 2. The zero-order valence-corrected chi connectivity index (χ0v) is 18.9. The highest BCUT2D eigenvalue weighted by Gasteiger charge is 2.27. The average molecular weight is 482 g/mol. The van der Waals surface area contributed by atoms with Gasteiger partial charge >= 0.3 is 12.1 Å². The van der Waals surface area contributed by atoms with E-state index >= 15 is 4.39 Å². The van der Waals surface area contributed by atoms with Gasteiger partial charge in [-0.15, -0.1) is 0 Å². The summed E-state index contributed by atoms with van der Waals surface area (Å²) in [6.07, 6.45) is -0.788. The molecule has 0 atom stereocenters. The molecule has 3 aromatic rings. The van der Waals surface area contributed by atoms with Crippen molar-refractivity contribution >= 4 is 23.6 Å². The minimum atomic E-state index is -1.33. The molecule has 2 heterocycles. The Morgan fingerprint density at radius 3 is 2.54 bits per heavy atom. The van der Waals surface area contributed by atoms with Crippen molar-refractivity contribution < 1.29 is 33.3 Å². The Morgan fingerprint density at radius 2 is 1.89 bits per heavy atom. The molecule has 0 unspecified atom stereocenters. The maximum Gasteiger partial charge on any atom is 0.417 e. The number of anilines is 2. The second kappa shape index (κ2) is 10.8. The van der Waals surface area contributed by atoms with E-state index in [0.717, 1.165) is 6.07 Å². The van der Waals surface area contributed by atoms with Crippen LogP contribution in [0.1, 0.15) is 17.4 Å². The lowest BCUT2D eigenvalue weighted by atomic mass is 10.1. The largest absolute Gasteiger partial charge is 0.488 e. The summed E-state index contributed by atoms with van der Waals surface area (Å²) < 4.78 is 31.2. The summed E-state index contributed by atoms with van der Waals surface area (Å²) in [6, 6.07) is 12.3. The summed E-state index contributed by atoms with van der Waals surface area (Å²) in [5.74, 6) is -1.59. The molecule has 2 aromatic carbocycles. The molecule has 1 aromatic heterocycles. The molecule has 4 rings (SSSR count). The van der Waals surface area contributed by atoms with Gasteiger partial charge in [-0.25, -0.2) is 23.9 Å². The smallest absolute Gasteiger partial charge is 0.417 e. The van der Waals surface area contributed by atoms with Gasteiger partial charge in [0.1, 0.15) is 11.6 Å². The number of nitrogens with one attached hydrogen (secondary N) is 1. The van der Waals surface area contributed by atoms with E-state index in [2.05, 4.69) is 15.3 Å². The molecule has 1 saturated heterocycles. The van der Waals surface area contributed by atoms with E-state index in [4.69, 9.17) is 14.2 Å². The molecule has 0 radical (unpaired) electrons. The fraction of sp³-hybridized carbons (Fsp3) is 0.250. The molecule has 0 spiro atoms. The fourth-order valence-corrected chi connectivity index (χ4v) is 3.48. The van der Waals surface area contributed by atoms with Gasteiger partial charge in [0.2, 0.25) is 0 Å². The van der Waals surface area contributed by atoms with E-state index in [9.17, 15) is 14.7 Å². The molecule has 10 nitrogen and oxygen atoms in total. The Balaban J connectivity index is 1.65. The number of rotatable bonds is 7. The second-order valence-electron chi connectivity index (χ2n) is 7.41. The van der Waals surface area contributed by atoms with E-state index < -0.39 is 17.9 Å². The summed E-state index contributed by atoms with van der Waals surface area (Å²) in [5, 5.41) is 12.2. The number of nitrogens with zero attached hydrogens (tertiary/aromatic N) is 3. The highest BCUT2D eigenvalue weighted by Crippen LogP contribution is 2.34.